The van der Waals surface area contributed by atoms with Crippen LogP contribution in [0.2, 0.25) is 0 Å². The van der Waals surface area contributed by atoms with E-state index in [1.54, 1.807) is 0 Å². The summed E-state index contributed by atoms with van der Waals surface area (Å²) in [5.74, 6) is 0.887. The van der Waals surface area contributed by atoms with E-state index in [-0.39, 0.29) is 0 Å². The Bertz CT molecular complexity index is 227. The molecule has 0 aromatic rings. The summed E-state index contributed by atoms with van der Waals surface area (Å²) in [6.07, 6.45) is 10.6. The summed E-state index contributed by atoms with van der Waals surface area (Å²) in [5, 5.41) is 0. The van der Waals surface area contributed by atoms with Crippen LogP contribution in [0.5, 0.6) is 0 Å². The van der Waals surface area contributed by atoms with E-state index >= 15 is 0 Å². The van der Waals surface area contributed by atoms with Gasteiger partial charge in [-0.05, 0) is 38.6 Å². The maximum atomic E-state index is 2.58. The molecular weight excluding hydrogens is 182 g/mol. The third kappa shape index (κ3) is 5.17. The molecular formula is C14H25N. The van der Waals surface area contributed by atoms with E-state index in [4.69, 9.17) is 0 Å². The smallest absolute Gasteiger partial charge is 0.0193 e. The monoisotopic (exact) mass is 207 g/mol. The molecule has 0 aromatic carbocycles. The Morgan fingerprint density at radius 2 is 2.27 bits per heavy atom. The SMILES string of the molecule is CC/C=C\C=C(/C)CN1CCCC(C)C1. The molecule has 1 nitrogen and oxygen atoms in total. The van der Waals surface area contributed by atoms with Gasteiger partial charge in [-0.1, -0.05) is 37.6 Å². The van der Waals surface area contributed by atoms with Gasteiger partial charge in [-0.2, -0.15) is 0 Å². The van der Waals surface area contributed by atoms with E-state index in [1.807, 2.05) is 0 Å². The van der Waals surface area contributed by atoms with Gasteiger partial charge in [0.05, 0.1) is 0 Å². The van der Waals surface area contributed by atoms with Gasteiger partial charge >= 0.3 is 0 Å². The molecule has 1 fully saturated rings. The molecule has 0 N–H and O–H groups in total. The minimum atomic E-state index is 0.887. The third-order valence-electron chi connectivity index (χ3n) is 2.97. The Morgan fingerprint density at radius 1 is 1.47 bits per heavy atom. The second-order valence-corrected chi connectivity index (χ2v) is 4.83. The molecule has 1 saturated heterocycles. The molecule has 15 heavy (non-hydrogen) atoms. The molecule has 1 heterocycles. The molecule has 0 aliphatic carbocycles. The van der Waals surface area contributed by atoms with Crippen LogP contribution in [0.15, 0.2) is 23.8 Å². The maximum Gasteiger partial charge on any atom is 0.0193 e. The Morgan fingerprint density at radius 3 is 2.93 bits per heavy atom. The van der Waals surface area contributed by atoms with Crippen molar-refractivity contribution in [3.05, 3.63) is 23.8 Å². The topological polar surface area (TPSA) is 3.24 Å². The van der Waals surface area contributed by atoms with Gasteiger partial charge < -0.3 is 0 Å². The molecule has 0 radical (unpaired) electrons. The summed E-state index contributed by atoms with van der Waals surface area (Å²) in [6, 6.07) is 0. The fraction of sp³-hybridized carbons (Fsp3) is 0.714. The highest BCUT2D eigenvalue weighted by atomic mass is 15.1. The van der Waals surface area contributed by atoms with E-state index < -0.39 is 0 Å². The zero-order valence-electron chi connectivity index (χ0n) is 10.5. The van der Waals surface area contributed by atoms with Gasteiger partial charge in [0.15, 0.2) is 0 Å². The molecule has 1 heteroatoms. The van der Waals surface area contributed by atoms with Crippen LogP contribution in [0.3, 0.4) is 0 Å². The molecule has 1 rings (SSSR count). The van der Waals surface area contributed by atoms with Gasteiger partial charge in [-0.25, -0.2) is 0 Å². The molecule has 0 amide bonds. The minimum Gasteiger partial charge on any atom is -0.299 e. The van der Waals surface area contributed by atoms with Crippen molar-refractivity contribution in [1.29, 1.82) is 0 Å². The summed E-state index contributed by atoms with van der Waals surface area (Å²) in [4.78, 5) is 2.58. The van der Waals surface area contributed by atoms with Crippen molar-refractivity contribution in [1.82, 2.24) is 4.90 Å². The van der Waals surface area contributed by atoms with Crippen molar-refractivity contribution in [3.63, 3.8) is 0 Å². The van der Waals surface area contributed by atoms with Crippen molar-refractivity contribution in [3.8, 4) is 0 Å². The average molecular weight is 207 g/mol. The molecule has 0 saturated carbocycles. The minimum absolute atomic E-state index is 0.887. The molecule has 0 bridgehead atoms. The number of nitrogens with zero attached hydrogens (tertiary/aromatic N) is 1. The third-order valence-corrected chi connectivity index (χ3v) is 2.97. The van der Waals surface area contributed by atoms with Crippen LogP contribution in [0, 0.1) is 5.92 Å². The van der Waals surface area contributed by atoms with Crippen LogP contribution in [-0.4, -0.2) is 24.5 Å². The van der Waals surface area contributed by atoms with E-state index in [1.165, 1.54) is 31.5 Å². The number of rotatable bonds is 4. The predicted molar refractivity (Wildman–Crippen MR) is 68.0 cm³/mol. The summed E-state index contributed by atoms with van der Waals surface area (Å²) in [6.45, 7) is 10.5. The highest BCUT2D eigenvalue weighted by Crippen LogP contribution is 2.16. The fourth-order valence-corrected chi connectivity index (χ4v) is 2.20. The lowest BCUT2D eigenvalue weighted by molar-refractivity contribution is 0.198. The van der Waals surface area contributed by atoms with Crippen LogP contribution >= 0.6 is 0 Å². The molecule has 86 valence electrons. The second-order valence-electron chi connectivity index (χ2n) is 4.83. The number of piperidine rings is 1. The quantitative estimate of drug-likeness (QED) is 0.636. The molecule has 1 atom stereocenters. The summed E-state index contributed by atoms with van der Waals surface area (Å²) in [7, 11) is 0. The number of hydrogen-bond acceptors (Lipinski definition) is 1. The van der Waals surface area contributed by atoms with Gasteiger partial charge in [0.25, 0.3) is 0 Å². The highest BCUT2D eigenvalue weighted by molar-refractivity contribution is 5.11. The van der Waals surface area contributed by atoms with Crippen LogP contribution in [-0.2, 0) is 0 Å². The van der Waals surface area contributed by atoms with E-state index in [0.29, 0.717) is 0 Å². The number of hydrogen-bond donors (Lipinski definition) is 0. The van der Waals surface area contributed by atoms with Crippen molar-refractivity contribution >= 4 is 0 Å². The van der Waals surface area contributed by atoms with E-state index in [2.05, 4.69) is 43.9 Å². The summed E-state index contributed by atoms with van der Waals surface area (Å²) < 4.78 is 0. The molecule has 0 spiro atoms. The average Bonchev–Trinajstić information content (AvgIpc) is 2.18. The van der Waals surface area contributed by atoms with E-state index in [9.17, 15) is 0 Å². The molecule has 0 aromatic heterocycles. The Kier molecular flexibility index (Phi) is 5.70. The Balaban J connectivity index is 2.33. The first-order chi connectivity index (χ1) is 7.22. The normalized spacial score (nSPS) is 25.0. The number of allylic oxidation sites excluding steroid dienone is 3. The highest BCUT2D eigenvalue weighted by Gasteiger charge is 2.15. The fourth-order valence-electron chi connectivity index (χ4n) is 2.20. The van der Waals surface area contributed by atoms with Crippen LogP contribution in [0.25, 0.3) is 0 Å². The maximum absolute atomic E-state index is 2.58. The zero-order valence-corrected chi connectivity index (χ0v) is 10.5. The first-order valence-corrected chi connectivity index (χ1v) is 6.27. The lowest BCUT2D eigenvalue weighted by atomic mass is 10.00. The number of likely N-dealkylation sites (tertiary alicyclic amines) is 1. The van der Waals surface area contributed by atoms with Crippen molar-refractivity contribution in [2.45, 2.75) is 40.0 Å². The standard InChI is InChI=1S/C14H25N/c1-4-5-6-8-13(2)11-15-10-7-9-14(3)12-15/h5-6,8,14H,4,7,9-12H2,1-3H3/b6-5-,13-8+. The van der Waals surface area contributed by atoms with Gasteiger partial charge in [-0.15, -0.1) is 0 Å². The summed E-state index contributed by atoms with van der Waals surface area (Å²) >= 11 is 0. The molecule has 1 unspecified atom stereocenters. The lowest BCUT2D eigenvalue weighted by Crippen LogP contribution is -2.35. The van der Waals surface area contributed by atoms with Gasteiger partial charge in [0, 0.05) is 13.1 Å². The predicted octanol–water partition coefficient (Wildman–Crippen LogP) is 3.63. The summed E-state index contributed by atoms with van der Waals surface area (Å²) in [5.41, 5.74) is 1.48. The molecule has 1 aliphatic heterocycles. The zero-order chi connectivity index (χ0) is 11.1. The van der Waals surface area contributed by atoms with Crippen LogP contribution < -0.4 is 0 Å². The Hall–Kier alpha value is -0.560. The van der Waals surface area contributed by atoms with Crippen molar-refractivity contribution in [2.75, 3.05) is 19.6 Å². The lowest BCUT2D eigenvalue weighted by Gasteiger charge is -2.30. The Labute approximate surface area is 94.9 Å². The van der Waals surface area contributed by atoms with E-state index in [0.717, 1.165) is 18.9 Å². The first kappa shape index (κ1) is 12.5. The van der Waals surface area contributed by atoms with Gasteiger partial charge in [-0.3, -0.25) is 4.90 Å². The largest absolute Gasteiger partial charge is 0.299 e. The van der Waals surface area contributed by atoms with Gasteiger partial charge in [0.1, 0.15) is 0 Å². The van der Waals surface area contributed by atoms with Crippen LogP contribution in [0.4, 0.5) is 0 Å². The second kappa shape index (κ2) is 6.84. The van der Waals surface area contributed by atoms with Crippen molar-refractivity contribution in [2.24, 2.45) is 5.92 Å². The molecule has 1 aliphatic rings. The first-order valence-electron chi connectivity index (χ1n) is 6.27. The van der Waals surface area contributed by atoms with Gasteiger partial charge in [0.2, 0.25) is 0 Å². The van der Waals surface area contributed by atoms with Crippen LogP contribution in [0.1, 0.15) is 40.0 Å². The van der Waals surface area contributed by atoms with Crippen molar-refractivity contribution < 1.29 is 0 Å².